The van der Waals surface area contributed by atoms with Crippen molar-refractivity contribution in [1.29, 1.82) is 0 Å². The zero-order valence-corrected chi connectivity index (χ0v) is 19.5. The van der Waals surface area contributed by atoms with Gasteiger partial charge in [0.15, 0.2) is 0 Å². The van der Waals surface area contributed by atoms with Gasteiger partial charge in [-0.2, -0.15) is 0 Å². The summed E-state index contributed by atoms with van der Waals surface area (Å²) in [5.74, 6) is 3.14. The molecule has 0 spiro atoms. The molecule has 2 N–H and O–H groups in total. The van der Waals surface area contributed by atoms with E-state index in [1.807, 2.05) is 55.6 Å². The van der Waals surface area contributed by atoms with Crippen molar-refractivity contribution in [2.24, 2.45) is 0 Å². The summed E-state index contributed by atoms with van der Waals surface area (Å²) in [5, 5.41) is 3.26. The molecule has 1 aliphatic rings. The van der Waals surface area contributed by atoms with Gasteiger partial charge in [-0.1, -0.05) is 36.4 Å². The first-order valence-corrected chi connectivity index (χ1v) is 11.9. The summed E-state index contributed by atoms with van der Waals surface area (Å²) in [6.45, 7) is 6.72. The second kappa shape index (κ2) is 9.77. The number of rotatable bonds is 7. The summed E-state index contributed by atoms with van der Waals surface area (Å²) in [5.41, 5.74) is 5.86. The number of piperidine rings is 1. The Morgan fingerprint density at radius 2 is 1.79 bits per heavy atom. The first kappa shape index (κ1) is 21.7. The Morgan fingerprint density at radius 1 is 1.00 bits per heavy atom. The molecule has 0 unspecified atom stereocenters. The second-order valence-corrected chi connectivity index (χ2v) is 8.98. The second-order valence-electron chi connectivity index (χ2n) is 8.98. The Balaban J connectivity index is 1.36. The number of nitrogens with one attached hydrogen (secondary N) is 2. The summed E-state index contributed by atoms with van der Waals surface area (Å²) >= 11 is 0. The summed E-state index contributed by atoms with van der Waals surface area (Å²) < 4.78 is 6.02. The minimum atomic E-state index is 0.619. The van der Waals surface area contributed by atoms with E-state index in [-0.39, 0.29) is 0 Å². The molecule has 2 heterocycles. The van der Waals surface area contributed by atoms with Gasteiger partial charge in [0.1, 0.15) is 17.3 Å². The summed E-state index contributed by atoms with van der Waals surface area (Å²) in [6.07, 6.45) is 2.43. The van der Waals surface area contributed by atoms with Crippen molar-refractivity contribution in [1.82, 2.24) is 20.2 Å². The van der Waals surface area contributed by atoms with Crippen LogP contribution < -0.4 is 10.1 Å². The number of aromatic amines is 1. The van der Waals surface area contributed by atoms with Gasteiger partial charge >= 0.3 is 0 Å². The van der Waals surface area contributed by atoms with Gasteiger partial charge in [-0.3, -0.25) is 0 Å². The number of imidazole rings is 1. The number of H-pyrrole nitrogens is 1. The molecule has 5 rings (SSSR count). The molecular weight excluding hydrogens is 408 g/mol. The largest absolute Gasteiger partial charge is 0.457 e. The highest BCUT2D eigenvalue weighted by molar-refractivity contribution is 5.83. The SMILES string of the molecule is CNCCN1CCC(c2cc(C)c3nc(-c4cccc(Oc5ccccc5)c4)[nH]c3c2)CC1. The van der Waals surface area contributed by atoms with E-state index in [0.29, 0.717) is 5.92 Å². The Morgan fingerprint density at radius 3 is 2.58 bits per heavy atom. The number of likely N-dealkylation sites (tertiary alicyclic amines) is 1. The lowest BCUT2D eigenvalue weighted by Gasteiger charge is -2.32. The molecule has 170 valence electrons. The van der Waals surface area contributed by atoms with Gasteiger partial charge in [0.25, 0.3) is 0 Å². The smallest absolute Gasteiger partial charge is 0.138 e. The van der Waals surface area contributed by atoms with Crippen LogP contribution in [0.3, 0.4) is 0 Å². The van der Waals surface area contributed by atoms with E-state index < -0.39 is 0 Å². The summed E-state index contributed by atoms with van der Waals surface area (Å²) in [4.78, 5) is 11.1. The fourth-order valence-electron chi connectivity index (χ4n) is 4.78. The molecule has 0 atom stereocenters. The average Bonchev–Trinajstić information content (AvgIpc) is 3.29. The van der Waals surface area contributed by atoms with Gasteiger partial charge in [0.2, 0.25) is 0 Å². The van der Waals surface area contributed by atoms with E-state index >= 15 is 0 Å². The predicted molar refractivity (Wildman–Crippen MR) is 135 cm³/mol. The topological polar surface area (TPSA) is 53.2 Å². The normalized spacial score (nSPS) is 15.2. The van der Waals surface area contributed by atoms with Crippen LogP contribution in [0.15, 0.2) is 66.7 Å². The molecule has 0 amide bonds. The zero-order valence-electron chi connectivity index (χ0n) is 19.5. The van der Waals surface area contributed by atoms with Gasteiger partial charge in [0.05, 0.1) is 11.0 Å². The molecule has 5 heteroatoms. The van der Waals surface area contributed by atoms with Crippen molar-refractivity contribution in [3.63, 3.8) is 0 Å². The number of aromatic nitrogens is 2. The monoisotopic (exact) mass is 440 g/mol. The van der Waals surface area contributed by atoms with Gasteiger partial charge < -0.3 is 19.9 Å². The minimum absolute atomic E-state index is 0.619. The number of hydrogen-bond donors (Lipinski definition) is 2. The Kier molecular flexibility index (Phi) is 6.42. The summed E-state index contributed by atoms with van der Waals surface area (Å²) in [6, 6.07) is 22.6. The van der Waals surface area contributed by atoms with Gasteiger partial charge in [-0.25, -0.2) is 4.98 Å². The average molecular weight is 441 g/mol. The van der Waals surface area contributed by atoms with Crippen LogP contribution in [-0.4, -0.2) is 48.1 Å². The number of fused-ring (bicyclic) bond motifs is 1. The van der Waals surface area contributed by atoms with Crippen molar-refractivity contribution >= 4 is 11.0 Å². The van der Waals surface area contributed by atoms with Crippen molar-refractivity contribution in [3.8, 4) is 22.9 Å². The number of nitrogens with zero attached hydrogens (tertiary/aromatic N) is 2. The first-order chi connectivity index (χ1) is 16.2. The molecule has 5 nitrogen and oxygen atoms in total. The van der Waals surface area contributed by atoms with Gasteiger partial charge in [-0.15, -0.1) is 0 Å². The van der Waals surface area contributed by atoms with Crippen LogP contribution in [0.5, 0.6) is 11.5 Å². The van der Waals surface area contributed by atoms with Crippen molar-refractivity contribution in [2.75, 3.05) is 33.2 Å². The maximum absolute atomic E-state index is 6.02. The van der Waals surface area contributed by atoms with Crippen LogP contribution in [0.2, 0.25) is 0 Å². The van der Waals surface area contributed by atoms with E-state index in [2.05, 4.69) is 40.3 Å². The van der Waals surface area contributed by atoms with Crippen LogP contribution in [0.4, 0.5) is 0 Å². The quantitative estimate of drug-likeness (QED) is 0.385. The number of ether oxygens (including phenoxy) is 1. The molecule has 3 aromatic carbocycles. The van der Waals surface area contributed by atoms with E-state index in [0.717, 1.165) is 47.0 Å². The molecule has 1 fully saturated rings. The number of para-hydroxylation sites is 1. The molecule has 0 saturated carbocycles. The molecular formula is C28H32N4O. The predicted octanol–water partition coefficient (Wildman–Crippen LogP) is 5.73. The lowest BCUT2D eigenvalue weighted by atomic mass is 9.88. The summed E-state index contributed by atoms with van der Waals surface area (Å²) in [7, 11) is 2.02. The standard InChI is InChI=1S/C28H32N4O/c1-20-17-23(21-11-14-32(15-12-21)16-13-29-2)19-26-27(20)31-28(30-26)22-7-6-10-25(18-22)33-24-8-4-3-5-9-24/h3-10,17-19,21,29H,11-16H2,1-2H3,(H,30,31). The van der Waals surface area contributed by atoms with Crippen LogP contribution >= 0.6 is 0 Å². The Labute approximate surface area is 195 Å². The molecule has 0 bridgehead atoms. The fourth-order valence-corrected chi connectivity index (χ4v) is 4.78. The molecule has 0 radical (unpaired) electrons. The third kappa shape index (κ3) is 4.95. The third-order valence-electron chi connectivity index (χ3n) is 6.62. The van der Waals surface area contributed by atoms with Crippen molar-refractivity contribution in [2.45, 2.75) is 25.7 Å². The Hall–Kier alpha value is -3.15. The van der Waals surface area contributed by atoms with E-state index in [1.54, 1.807) is 0 Å². The lowest BCUT2D eigenvalue weighted by molar-refractivity contribution is 0.214. The minimum Gasteiger partial charge on any atom is -0.457 e. The van der Waals surface area contributed by atoms with E-state index in [1.165, 1.54) is 37.1 Å². The maximum atomic E-state index is 6.02. The molecule has 1 aromatic heterocycles. The molecule has 33 heavy (non-hydrogen) atoms. The van der Waals surface area contributed by atoms with Gasteiger partial charge in [0, 0.05) is 18.7 Å². The van der Waals surface area contributed by atoms with Crippen molar-refractivity contribution < 1.29 is 4.74 Å². The van der Waals surface area contributed by atoms with Crippen LogP contribution in [0.1, 0.15) is 29.9 Å². The highest BCUT2D eigenvalue weighted by Crippen LogP contribution is 2.33. The Bertz CT molecular complexity index is 1210. The number of benzene rings is 3. The van der Waals surface area contributed by atoms with Gasteiger partial charge in [-0.05, 0) is 87.3 Å². The first-order valence-electron chi connectivity index (χ1n) is 11.9. The van der Waals surface area contributed by atoms with Crippen LogP contribution in [-0.2, 0) is 0 Å². The highest BCUT2D eigenvalue weighted by Gasteiger charge is 2.21. The fraction of sp³-hybridized carbons (Fsp3) is 0.321. The van der Waals surface area contributed by atoms with E-state index in [9.17, 15) is 0 Å². The third-order valence-corrected chi connectivity index (χ3v) is 6.62. The van der Waals surface area contributed by atoms with Crippen LogP contribution in [0, 0.1) is 6.92 Å². The highest BCUT2D eigenvalue weighted by atomic mass is 16.5. The van der Waals surface area contributed by atoms with E-state index in [4.69, 9.17) is 9.72 Å². The van der Waals surface area contributed by atoms with Crippen molar-refractivity contribution in [3.05, 3.63) is 77.9 Å². The van der Waals surface area contributed by atoms with Crippen LogP contribution in [0.25, 0.3) is 22.4 Å². The number of aryl methyl sites for hydroxylation is 1. The lowest BCUT2D eigenvalue weighted by Crippen LogP contribution is -2.37. The number of hydrogen-bond acceptors (Lipinski definition) is 4. The molecule has 0 aliphatic carbocycles. The molecule has 1 aliphatic heterocycles. The maximum Gasteiger partial charge on any atom is 0.138 e. The molecule has 4 aromatic rings. The molecule has 1 saturated heterocycles. The zero-order chi connectivity index (χ0) is 22.6. The number of likely N-dealkylation sites (N-methyl/N-ethyl adjacent to an activating group) is 1.